The average molecular weight is 207 g/mol. The van der Waals surface area contributed by atoms with Crippen LogP contribution < -0.4 is 5.32 Å². The predicted molar refractivity (Wildman–Crippen MR) is 55.7 cm³/mol. The first kappa shape index (κ1) is 11.2. The normalized spacial score (nSPS) is 9.67. The second kappa shape index (κ2) is 5.14. The van der Waals surface area contributed by atoms with E-state index in [-0.39, 0.29) is 23.6 Å². The Morgan fingerprint density at radius 2 is 2.00 bits per heavy atom. The number of phenolic OH excluding ortho intramolecular Hbond substituents is 1. The minimum atomic E-state index is -0.435. The Hall–Kier alpha value is -1.84. The first-order valence-corrected chi connectivity index (χ1v) is 4.73. The lowest BCUT2D eigenvalue weighted by Crippen LogP contribution is -2.29. The highest BCUT2D eigenvalue weighted by molar-refractivity contribution is 5.98. The van der Waals surface area contributed by atoms with Crippen LogP contribution in [0.1, 0.15) is 23.7 Å². The van der Waals surface area contributed by atoms with E-state index in [4.69, 9.17) is 0 Å². The molecule has 1 amide bonds. The molecule has 0 aliphatic carbocycles. The van der Waals surface area contributed by atoms with Crippen LogP contribution in [0, 0.1) is 0 Å². The van der Waals surface area contributed by atoms with E-state index in [9.17, 15) is 14.7 Å². The summed E-state index contributed by atoms with van der Waals surface area (Å²) >= 11 is 0. The molecule has 0 unspecified atom stereocenters. The minimum absolute atomic E-state index is 0.00364. The van der Waals surface area contributed by atoms with E-state index in [1.165, 1.54) is 12.1 Å². The molecule has 0 saturated carbocycles. The van der Waals surface area contributed by atoms with Crippen LogP contribution in [-0.4, -0.2) is 23.3 Å². The molecule has 1 rings (SSSR count). The lowest BCUT2D eigenvalue weighted by atomic mass is 10.2. The molecule has 0 aliphatic rings. The zero-order valence-electron chi connectivity index (χ0n) is 8.49. The summed E-state index contributed by atoms with van der Waals surface area (Å²) in [5, 5.41) is 11.8. The molecule has 2 N–H and O–H groups in total. The third-order valence-electron chi connectivity index (χ3n) is 1.99. The molecule has 0 spiro atoms. The lowest BCUT2D eigenvalue weighted by Gasteiger charge is -2.04. The van der Waals surface area contributed by atoms with Gasteiger partial charge >= 0.3 is 0 Å². The van der Waals surface area contributed by atoms with Gasteiger partial charge in [0.15, 0.2) is 5.78 Å². The molecular formula is C11H13NO3. The van der Waals surface area contributed by atoms with E-state index in [1.807, 2.05) is 0 Å². The van der Waals surface area contributed by atoms with Gasteiger partial charge in [0.1, 0.15) is 5.75 Å². The lowest BCUT2D eigenvalue weighted by molar-refractivity contribution is -0.117. The Morgan fingerprint density at radius 1 is 1.33 bits per heavy atom. The molecule has 0 bridgehead atoms. The third-order valence-corrected chi connectivity index (χ3v) is 1.99. The maximum atomic E-state index is 11.5. The molecule has 0 aromatic heterocycles. The summed E-state index contributed by atoms with van der Waals surface area (Å²) in [7, 11) is 0. The van der Waals surface area contributed by atoms with Crippen molar-refractivity contribution in [2.75, 3.05) is 6.54 Å². The van der Waals surface area contributed by atoms with E-state index < -0.39 is 5.91 Å². The summed E-state index contributed by atoms with van der Waals surface area (Å²) < 4.78 is 0. The summed E-state index contributed by atoms with van der Waals surface area (Å²) in [6, 6.07) is 6.21. The molecule has 0 heterocycles. The third kappa shape index (κ3) is 3.09. The van der Waals surface area contributed by atoms with E-state index in [1.54, 1.807) is 19.1 Å². The monoisotopic (exact) mass is 207 g/mol. The number of rotatable bonds is 4. The van der Waals surface area contributed by atoms with E-state index >= 15 is 0 Å². The van der Waals surface area contributed by atoms with Crippen LogP contribution in [0.4, 0.5) is 0 Å². The second-order valence-electron chi connectivity index (χ2n) is 3.09. The molecule has 0 radical (unpaired) electrons. The van der Waals surface area contributed by atoms with Crippen molar-refractivity contribution in [2.24, 2.45) is 0 Å². The Balaban J connectivity index is 2.62. The fourth-order valence-corrected chi connectivity index (χ4v) is 1.06. The standard InChI is InChI=1S/C11H13NO3/c1-2-8(13)7-12-11(15)9-5-3-4-6-10(9)14/h3-6,14H,2,7H2,1H3,(H,12,15). The zero-order valence-corrected chi connectivity index (χ0v) is 8.49. The van der Waals surface area contributed by atoms with Crippen LogP contribution in [0.2, 0.25) is 0 Å². The molecule has 1 aromatic carbocycles. The average Bonchev–Trinajstić information content (AvgIpc) is 2.26. The van der Waals surface area contributed by atoms with Crippen molar-refractivity contribution in [3.8, 4) is 5.75 Å². The molecule has 0 aliphatic heterocycles. The number of Topliss-reactive ketones (excluding diaryl/α,β-unsaturated/α-hetero) is 1. The van der Waals surface area contributed by atoms with Gasteiger partial charge in [0.2, 0.25) is 0 Å². The van der Waals surface area contributed by atoms with Crippen LogP contribution in [0.15, 0.2) is 24.3 Å². The van der Waals surface area contributed by atoms with Gasteiger partial charge in [-0.15, -0.1) is 0 Å². The SMILES string of the molecule is CCC(=O)CNC(=O)c1ccccc1O. The summed E-state index contributed by atoms with van der Waals surface area (Å²) in [6.45, 7) is 1.73. The highest BCUT2D eigenvalue weighted by Crippen LogP contribution is 2.14. The van der Waals surface area contributed by atoms with Gasteiger partial charge in [0, 0.05) is 6.42 Å². The minimum Gasteiger partial charge on any atom is -0.507 e. The number of carbonyl (C=O) groups excluding carboxylic acids is 2. The van der Waals surface area contributed by atoms with Gasteiger partial charge in [-0.05, 0) is 12.1 Å². The first-order chi connectivity index (χ1) is 7.15. The van der Waals surface area contributed by atoms with Gasteiger partial charge in [-0.25, -0.2) is 0 Å². The Labute approximate surface area is 87.9 Å². The Morgan fingerprint density at radius 3 is 2.60 bits per heavy atom. The van der Waals surface area contributed by atoms with Crippen LogP contribution in [0.5, 0.6) is 5.75 Å². The number of para-hydroxylation sites is 1. The maximum Gasteiger partial charge on any atom is 0.255 e. The zero-order chi connectivity index (χ0) is 11.3. The number of amides is 1. The van der Waals surface area contributed by atoms with Gasteiger partial charge in [0.25, 0.3) is 5.91 Å². The van der Waals surface area contributed by atoms with Gasteiger partial charge in [-0.2, -0.15) is 0 Å². The van der Waals surface area contributed by atoms with Crippen molar-refractivity contribution >= 4 is 11.7 Å². The number of carbonyl (C=O) groups is 2. The number of benzene rings is 1. The Kier molecular flexibility index (Phi) is 3.85. The van der Waals surface area contributed by atoms with E-state index in [0.29, 0.717) is 6.42 Å². The van der Waals surface area contributed by atoms with Crippen LogP contribution in [0.3, 0.4) is 0 Å². The number of ketones is 1. The highest BCUT2D eigenvalue weighted by atomic mass is 16.3. The summed E-state index contributed by atoms with van der Waals surface area (Å²) in [5.74, 6) is -0.562. The molecule has 4 nitrogen and oxygen atoms in total. The second-order valence-corrected chi connectivity index (χ2v) is 3.09. The number of nitrogens with one attached hydrogen (secondary N) is 1. The molecule has 1 aromatic rings. The smallest absolute Gasteiger partial charge is 0.255 e. The summed E-state index contributed by atoms with van der Waals surface area (Å²) in [4.78, 5) is 22.4. The van der Waals surface area contributed by atoms with Gasteiger partial charge in [-0.1, -0.05) is 19.1 Å². The largest absolute Gasteiger partial charge is 0.507 e. The maximum absolute atomic E-state index is 11.5. The van der Waals surface area contributed by atoms with Gasteiger partial charge in [-0.3, -0.25) is 9.59 Å². The fourth-order valence-electron chi connectivity index (χ4n) is 1.06. The van der Waals surface area contributed by atoms with E-state index in [0.717, 1.165) is 0 Å². The topological polar surface area (TPSA) is 66.4 Å². The van der Waals surface area contributed by atoms with Crippen molar-refractivity contribution in [1.82, 2.24) is 5.32 Å². The van der Waals surface area contributed by atoms with Gasteiger partial charge < -0.3 is 10.4 Å². The highest BCUT2D eigenvalue weighted by Gasteiger charge is 2.10. The first-order valence-electron chi connectivity index (χ1n) is 4.73. The van der Waals surface area contributed by atoms with Crippen LogP contribution in [-0.2, 0) is 4.79 Å². The molecule has 0 saturated heterocycles. The van der Waals surface area contributed by atoms with Crippen molar-refractivity contribution in [1.29, 1.82) is 0 Å². The molecule has 15 heavy (non-hydrogen) atoms. The molecular weight excluding hydrogens is 194 g/mol. The van der Waals surface area contributed by atoms with Crippen molar-refractivity contribution in [3.63, 3.8) is 0 Å². The molecule has 0 fully saturated rings. The molecule has 4 heteroatoms. The summed E-state index contributed by atoms with van der Waals surface area (Å²) in [6.07, 6.45) is 0.390. The predicted octanol–water partition coefficient (Wildman–Crippen LogP) is 1.10. The van der Waals surface area contributed by atoms with Crippen molar-refractivity contribution in [3.05, 3.63) is 29.8 Å². The molecule has 80 valence electrons. The Bertz CT molecular complexity index is 374. The molecule has 0 atom stereocenters. The fraction of sp³-hybridized carbons (Fsp3) is 0.273. The number of aromatic hydroxyl groups is 1. The number of hydrogen-bond acceptors (Lipinski definition) is 3. The van der Waals surface area contributed by atoms with Crippen molar-refractivity contribution in [2.45, 2.75) is 13.3 Å². The van der Waals surface area contributed by atoms with Crippen molar-refractivity contribution < 1.29 is 14.7 Å². The van der Waals surface area contributed by atoms with Crippen LogP contribution in [0.25, 0.3) is 0 Å². The van der Waals surface area contributed by atoms with Crippen LogP contribution >= 0.6 is 0 Å². The quantitative estimate of drug-likeness (QED) is 0.777. The number of phenols is 1. The van der Waals surface area contributed by atoms with Gasteiger partial charge in [0.05, 0.1) is 12.1 Å². The van der Waals surface area contributed by atoms with E-state index in [2.05, 4.69) is 5.32 Å². The number of hydrogen-bond donors (Lipinski definition) is 2. The summed E-state index contributed by atoms with van der Waals surface area (Å²) in [5.41, 5.74) is 0.182.